The fraction of sp³-hybridized carbons (Fsp3) is 0.818. The van der Waals surface area contributed by atoms with Crippen molar-refractivity contribution in [2.75, 3.05) is 0 Å². The molecule has 0 radical (unpaired) electrons. The SMILES string of the molecule is CC(C)C1CCC(/C=C/Br)CC1. The molecule has 0 nitrogen and oxygen atoms in total. The van der Waals surface area contributed by atoms with Crippen molar-refractivity contribution >= 4 is 15.9 Å². The Labute approximate surface area is 84.6 Å². The second kappa shape index (κ2) is 5.06. The molecule has 1 saturated carbocycles. The van der Waals surface area contributed by atoms with E-state index in [1.807, 2.05) is 4.99 Å². The lowest BCUT2D eigenvalue weighted by Gasteiger charge is -2.29. The molecule has 0 amide bonds. The van der Waals surface area contributed by atoms with Crippen LogP contribution in [0.15, 0.2) is 11.1 Å². The largest absolute Gasteiger partial charge is 0.0745 e. The van der Waals surface area contributed by atoms with Gasteiger partial charge in [0.2, 0.25) is 0 Å². The van der Waals surface area contributed by atoms with Crippen LogP contribution in [0.1, 0.15) is 39.5 Å². The van der Waals surface area contributed by atoms with E-state index in [1.54, 1.807) is 0 Å². The van der Waals surface area contributed by atoms with Crippen LogP contribution in [-0.2, 0) is 0 Å². The molecule has 0 bridgehead atoms. The Bertz CT molecular complexity index is 141. The summed E-state index contributed by atoms with van der Waals surface area (Å²) in [5.41, 5.74) is 0. The van der Waals surface area contributed by atoms with Gasteiger partial charge in [-0.15, -0.1) is 0 Å². The lowest BCUT2D eigenvalue weighted by Crippen LogP contribution is -2.17. The summed E-state index contributed by atoms with van der Waals surface area (Å²) in [5, 5.41) is 0. The van der Waals surface area contributed by atoms with Crippen molar-refractivity contribution in [2.24, 2.45) is 17.8 Å². The van der Waals surface area contributed by atoms with Crippen LogP contribution >= 0.6 is 15.9 Å². The van der Waals surface area contributed by atoms with Gasteiger partial charge in [0.05, 0.1) is 0 Å². The normalized spacial score (nSPS) is 31.7. The van der Waals surface area contributed by atoms with E-state index in [9.17, 15) is 0 Å². The first kappa shape index (κ1) is 10.3. The summed E-state index contributed by atoms with van der Waals surface area (Å²) in [5.74, 6) is 2.73. The van der Waals surface area contributed by atoms with Crippen LogP contribution in [0.5, 0.6) is 0 Å². The van der Waals surface area contributed by atoms with E-state index in [-0.39, 0.29) is 0 Å². The zero-order chi connectivity index (χ0) is 8.97. The summed E-state index contributed by atoms with van der Waals surface area (Å²) in [6, 6.07) is 0. The smallest absolute Gasteiger partial charge is 0.0225 e. The molecule has 1 aliphatic rings. The van der Waals surface area contributed by atoms with Crippen LogP contribution in [0.3, 0.4) is 0 Å². The molecule has 0 unspecified atom stereocenters. The third-order valence-electron chi connectivity index (χ3n) is 3.10. The van der Waals surface area contributed by atoms with Crippen LogP contribution in [0.4, 0.5) is 0 Å². The lowest BCUT2D eigenvalue weighted by atomic mass is 9.77. The Balaban J connectivity index is 2.29. The maximum Gasteiger partial charge on any atom is -0.0225 e. The van der Waals surface area contributed by atoms with Crippen molar-refractivity contribution in [1.82, 2.24) is 0 Å². The van der Waals surface area contributed by atoms with Crippen LogP contribution in [-0.4, -0.2) is 0 Å². The first-order valence-electron chi connectivity index (χ1n) is 5.01. The summed E-state index contributed by atoms with van der Waals surface area (Å²) in [4.78, 5) is 2.02. The highest BCUT2D eigenvalue weighted by Gasteiger charge is 2.21. The molecule has 0 aromatic heterocycles. The quantitative estimate of drug-likeness (QED) is 0.662. The van der Waals surface area contributed by atoms with Crippen molar-refractivity contribution in [3.8, 4) is 0 Å². The summed E-state index contributed by atoms with van der Waals surface area (Å²) in [7, 11) is 0. The molecule has 70 valence electrons. The molecule has 1 rings (SSSR count). The fourth-order valence-electron chi connectivity index (χ4n) is 2.11. The van der Waals surface area contributed by atoms with Gasteiger partial charge in [0.1, 0.15) is 0 Å². The van der Waals surface area contributed by atoms with Crippen LogP contribution in [0, 0.1) is 17.8 Å². The van der Waals surface area contributed by atoms with Gasteiger partial charge >= 0.3 is 0 Å². The van der Waals surface area contributed by atoms with Crippen molar-refractivity contribution in [1.29, 1.82) is 0 Å². The Morgan fingerprint density at radius 1 is 1.17 bits per heavy atom. The Hall–Kier alpha value is 0.220. The number of hydrogen-bond donors (Lipinski definition) is 0. The molecular formula is C11H19Br. The minimum Gasteiger partial charge on any atom is -0.0745 e. The Morgan fingerprint density at radius 2 is 1.75 bits per heavy atom. The van der Waals surface area contributed by atoms with E-state index in [2.05, 4.69) is 35.9 Å². The number of hydrogen-bond acceptors (Lipinski definition) is 0. The molecule has 0 atom stereocenters. The molecule has 0 N–H and O–H groups in total. The molecule has 0 aromatic carbocycles. The van der Waals surface area contributed by atoms with Gasteiger partial charge in [-0.2, -0.15) is 0 Å². The van der Waals surface area contributed by atoms with Crippen molar-refractivity contribution in [2.45, 2.75) is 39.5 Å². The Kier molecular flexibility index (Phi) is 4.34. The standard InChI is InChI=1S/C11H19Br/c1-9(2)11-5-3-10(4-6-11)7-8-12/h7-11H,3-6H2,1-2H3/b8-7+. The fourth-order valence-corrected chi connectivity index (χ4v) is 2.54. The average molecular weight is 231 g/mol. The van der Waals surface area contributed by atoms with Gasteiger partial charge in [-0.25, -0.2) is 0 Å². The zero-order valence-corrected chi connectivity index (χ0v) is 9.68. The average Bonchev–Trinajstić information content (AvgIpc) is 2.06. The summed E-state index contributed by atoms with van der Waals surface area (Å²) < 4.78 is 0. The second-order valence-electron chi connectivity index (χ2n) is 4.24. The van der Waals surface area contributed by atoms with Gasteiger partial charge in [-0.05, 0) is 48.4 Å². The predicted octanol–water partition coefficient (Wildman–Crippen LogP) is 4.36. The Morgan fingerprint density at radius 3 is 2.17 bits per heavy atom. The molecule has 0 spiro atoms. The highest BCUT2D eigenvalue weighted by Crippen LogP contribution is 2.33. The van der Waals surface area contributed by atoms with Crippen molar-refractivity contribution in [3.63, 3.8) is 0 Å². The molecule has 0 aliphatic heterocycles. The first-order valence-corrected chi connectivity index (χ1v) is 5.92. The number of rotatable bonds is 2. The topological polar surface area (TPSA) is 0 Å². The zero-order valence-electron chi connectivity index (χ0n) is 8.09. The highest BCUT2D eigenvalue weighted by atomic mass is 79.9. The van der Waals surface area contributed by atoms with Crippen LogP contribution in [0.2, 0.25) is 0 Å². The van der Waals surface area contributed by atoms with E-state index in [0.29, 0.717) is 0 Å². The molecule has 12 heavy (non-hydrogen) atoms. The molecule has 1 aliphatic carbocycles. The van der Waals surface area contributed by atoms with E-state index < -0.39 is 0 Å². The molecule has 0 heterocycles. The summed E-state index contributed by atoms with van der Waals surface area (Å²) in [6.07, 6.45) is 7.95. The third-order valence-corrected chi connectivity index (χ3v) is 3.41. The monoisotopic (exact) mass is 230 g/mol. The van der Waals surface area contributed by atoms with E-state index >= 15 is 0 Å². The second-order valence-corrected chi connectivity index (χ2v) is 4.77. The minimum absolute atomic E-state index is 0.847. The van der Waals surface area contributed by atoms with Crippen LogP contribution in [0.25, 0.3) is 0 Å². The predicted molar refractivity (Wildman–Crippen MR) is 58.4 cm³/mol. The molecule has 0 saturated heterocycles. The third kappa shape index (κ3) is 2.93. The van der Waals surface area contributed by atoms with Gasteiger partial charge in [-0.1, -0.05) is 35.9 Å². The maximum atomic E-state index is 3.35. The van der Waals surface area contributed by atoms with Gasteiger partial charge in [0.15, 0.2) is 0 Å². The molecule has 1 heteroatoms. The van der Waals surface area contributed by atoms with Crippen molar-refractivity contribution in [3.05, 3.63) is 11.1 Å². The van der Waals surface area contributed by atoms with Gasteiger partial charge in [0, 0.05) is 0 Å². The van der Waals surface area contributed by atoms with Gasteiger partial charge in [0.25, 0.3) is 0 Å². The van der Waals surface area contributed by atoms with E-state index in [4.69, 9.17) is 0 Å². The lowest BCUT2D eigenvalue weighted by molar-refractivity contribution is 0.248. The van der Waals surface area contributed by atoms with E-state index in [1.165, 1.54) is 25.7 Å². The molecule has 1 fully saturated rings. The number of halogens is 1. The maximum absolute atomic E-state index is 3.35. The van der Waals surface area contributed by atoms with Gasteiger partial charge in [-0.3, -0.25) is 0 Å². The summed E-state index contributed by atoms with van der Waals surface area (Å²) in [6.45, 7) is 4.70. The molecular weight excluding hydrogens is 212 g/mol. The van der Waals surface area contributed by atoms with Crippen molar-refractivity contribution < 1.29 is 0 Å². The van der Waals surface area contributed by atoms with Gasteiger partial charge < -0.3 is 0 Å². The molecule has 0 aromatic rings. The minimum atomic E-state index is 0.847. The van der Waals surface area contributed by atoms with E-state index in [0.717, 1.165) is 17.8 Å². The first-order chi connectivity index (χ1) is 5.74. The number of allylic oxidation sites excluding steroid dienone is 1. The van der Waals surface area contributed by atoms with Crippen LogP contribution < -0.4 is 0 Å². The highest BCUT2D eigenvalue weighted by molar-refractivity contribution is 9.11. The summed E-state index contributed by atoms with van der Waals surface area (Å²) >= 11 is 3.35.